The number of benzene rings is 1. The van der Waals surface area contributed by atoms with Crippen LogP contribution in [0, 0.1) is 0 Å². The maximum absolute atomic E-state index is 9.69. The smallest absolute Gasteiger partial charge is 0.0628 e. The van der Waals surface area contributed by atoms with Crippen molar-refractivity contribution >= 4 is 0 Å². The molecule has 3 heteroatoms. The number of aliphatic hydroxyl groups is 1. The van der Waals surface area contributed by atoms with Gasteiger partial charge in [-0.15, -0.1) is 0 Å². The fourth-order valence-electron chi connectivity index (χ4n) is 2.59. The molecule has 0 bridgehead atoms. The molecule has 1 heterocycles. The average Bonchev–Trinajstić information content (AvgIpc) is 2.41. The van der Waals surface area contributed by atoms with Gasteiger partial charge in [-0.25, -0.2) is 0 Å². The van der Waals surface area contributed by atoms with Crippen molar-refractivity contribution in [1.82, 2.24) is 10.2 Å². The fourth-order valence-corrected chi connectivity index (χ4v) is 2.59. The molecule has 0 amide bonds. The van der Waals surface area contributed by atoms with Gasteiger partial charge in [0, 0.05) is 26.2 Å². The highest BCUT2D eigenvalue weighted by Gasteiger charge is 2.22. The van der Waals surface area contributed by atoms with Crippen LogP contribution < -0.4 is 5.32 Å². The first-order chi connectivity index (χ1) is 8.36. The standard InChI is InChI=1S/C14H22N2O/c1-2-12-5-3-4-6-13(12)14(11-17)16-9-7-15-8-10-16/h3-6,14-15,17H,2,7-11H2,1H3. The van der Waals surface area contributed by atoms with E-state index in [4.69, 9.17) is 0 Å². The van der Waals surface area contributed by atoms with E-state index < -0.39 is 0 Å². The Morgan fingerprint density at radius 1 is 1.29 bits per heavy atom. The Bertz CT molecular complexity index is 348. The van der Waals surface area contributed by atoms with Crippen LogP contribution in [0.3, 0.4) is 0 Å². The minimum atomic E-state index is 0.160. The Kier molecular flexibility index (Phi) is 4.54. The summed E-state index contributed by atoms with van der Waals surface area (Å²) >= 11 is 0. The summed E-state index contributed by atoms with van der Waals surface area (Å²) in [6.07, 6.45) is 1.03. The summed E-state index contributed by atoms with van der Waals surface area (Å²) in [5.74, 6) is 0. The van der Waals surface area contributed by atoms with E-state index in [2.05, 4.69) is 41.4 Å². The molecule has 1 saturated heterocycles. The first-order valence-electron chi connectivity index (χ1n) is 6.50. The molecule has 17 heavy (non-hydrogen) atoms. The van der Waals surface area contributed by atoms with Gasteiger partial charge in [0.2, 0.25) is 0 Å². The number of rotatable bonds is 4. The van der Waals surface area contributed by atoms with E-state index in [9.17, 15) is 5.11 Å². The van der Waals surface area contributed by atoms with Crippen LogP contribution in [-0.2, 0) is 6.42 Å². The van der Waals surface area contributed by atoms with Gasteiger partial charge in [0.15, 0.2) is 0 Å². The van der Waals surface area contributed by atoms with E-state index in [0.717, 1.165) is 32.6 Å². The summed E-state index contributed by atoms with van der Waals surface area (Å²) in [4.78, 5) is 2.38. The van der Waals surface area contributed by atoms with E-state index in [1.807, 2.05) is 0 Å². The summed E-state index contributed by atoms with van der Waals surface area (Å²) in [5.41, 5.74) is 2.64. The molecule has 1 aromatic carbocycles. The van der Waals surface area contributed by atoms with Crippen LogP contribution in [0.4, 0.5) is 0 Å². The normalized spacial score (nSPS) is 19.2. The summed E-state index contributed by atoms with van der Waals surface area (Å²) in [7, 11) is 0. The van der Waals surface area contributed by atoms with Crippen LogP contribution in [0.5, 0.6) is 0 Å². The maximum atomic E-state index is 9.69. The lowest BCUT2D eigenvalue weighted by molar-refractivity contribution is 0.110. The third kappa shape index (κ3) is 2.86. The van der Waals surface area contributed by atoms with Crippen molar-refractivity contribution in [3.05, 3.63) is 35.4 Å². The van der Waals surface area contributed by atoms with Gasteiger partial charge in [0.05, 0.1) is 12.6 Å². The highest BCUT2D eigenvalue weighted by molar-refractivity contribution is 5.30. The molecule has 1 unspecified atom stereocenters. The Morgan fingerprint density at radius 3 is 2.65 bits per heavy atom. The molecule has 94 valence electrons. The molecule has 0 saturated carbocycles. The summed E-state index contributed by atoms with van der Waals surface area (Å²) < 4.78 is 0. The molecule has 2 N–H and O–H groups in total. The lowest BCUT2D eigenvalue weighted by atomic mass is 9.97. The fraction of sp³-hybridized carbons (Fsp3) is 0.571. The Morgan fingerprint density at radius 2 is 2.00 bits per heavy atom. The molecule has 3 nitrogen and oxygen atoms in total. The van der Waals surface area contributed by atoms with Crippen molar-refractivity contribution in [3.8, 4) is 0 Å². The van der Waals surface area contributed by atoms with Crippen LogP contribution in [-0.4, -0.2) is 42.8 Å². The zero-order valence-electron chi connectivity index (χ0n) is 10.5. The molecule has 1 atom stereocenters. The molecular weight excluding hydrogens is 212 g/mol. The average molecular weight is 234 g/mol. The largest absolute Gasteiger partial charge is 0.394 e. The first kappa shape index (κ1) is 12.6. The Hall–Kier alpha value is -0.900. The van der Waals surface area contributed by atoms with Crippen LogP contribution in [0.25, 0.3) is 0 Å². The number of nitrogens with one attached hydrogen (secondary N) is 1. The first-order valence-corrected chi connectivity index (χ1v) is 6.50. The SMILES string of the molecule is CCc1ccccc1C(CO)N1CCNCC1. The monoisotopic (exact) mass is 234 g/mol. The topological polar surface area (TPSA) is 35.5 Å². The minimum absolute atomic E-state index is 0.160. The van der Waals surface area contributed by atoms with Gasteiger partial charge in [-0.05, 0) is 17.5 Å². The summed E-state index contributed by atoms with van der Waals surface area (Å²) in [6.45, 7) is 6.45. The lowest BCUT2D eigenvalue weighted by Crippen LogP contribution is -2.46. The minimum Gasteiger partial charge on any atom is -0.394 e. The molecule has 0 radical (unpaired) electrons. The van der Waals surface area contributed by atoms with Crippen molar-refractivity contribution in [1.29, 1.82) is 0 Å². The second kappa shape index (κ2) is 6.15. The third-order valence-electron chi connectivity index (χ3n) is 3.56. The van der Waals surface area contributed by atoms with Gasteiger partial charge in [0.1, 0.15) is 0 Å². The number of piperazine rings is 1. The van der Waals surface area contributed by atoms with Crippen LogP contribution in [0.15, 0.2) is 24.3 Å². The van der Waals surface area contributed by atoms with Crippen molar-refractivity contribution < 1.29 is 5.11 Å². The number of nitrogens with zero attached hydrogens (tertiary/aromatic N) is 1. The number of aryl methyl sites for hydroxylation is 1. The molecule has 1 fully saturated rings. The molecule has 0 aliphatic carbocycles. The van der Waals surface area contributed by atoms with Crippen LogP contribution >= 0.6 is 0 Å². The highest BCUT2D eigenvalue weighted by atomic mass is 16.3. The molecule has 1 aliphatic rings. The van der Waals surface area contributed by atoms with E-state index in [1.54, 1.807) is 0 Å². The van der Waals surface area contributed by atoms with Gasteiger partial charge in [-0.2, -0.15) is 0 Å². The maximum Gasteiger partial charge on any atom is 0.0628 e. The molecule has 1 aromatic rings. The lowest BCUT2D eigenvalue weighted by Gasteiger charge is -2.35. The molecule has 0 spiro atoms. The summed E-state index contributed by atoms with van der Waals surface area (Å²) in [5, 5.41) is 13.0. The van der Waals surface area contributed by atoms with Crippen LogP contribution in [0.1, 0.15) is 24.1 Å². The summed E-state index contributed by atoms with van der Waals surface area (Å²) in [6, 6.07) is 8.63. The Labute approximate surface area is 103 Å². The predicted octanol–water partition coefficient (Wildman–Crippen LogP) is 1.19. The van der Waals surface area contributed by atoms with E-state index in [0.29, 0.717) is 0 Å². The molecule has 2 rings (SSSR count). The predicted molar refractivity (Wildman–Crippen MR) is 70.1 cm³/mol. The number of hydrogen-bond acceptors (Lipinski definition) is 3. The second-order valence-electron chi connectivity index (χ2n) is 4.54. The van der Waals surface area contributed by atoms with Crippen molar-refractivity contribution in [2.75, 3.05) is 32.8 Å². The van der Waals surface area contributed by atoms with E-state index in [-0.39, 0.29) is 12.6 Å². The second-order valence-corrected chi connectivity index (χ2v) is 4.54. The molecular formula is C14H22N2O. The van der Waals surface area contributed by atoms with Crippen molar-refractivity contribution in [2.24, 2.45) is 0 Å². The van der Waals surface area contributed by atoms with Crippen LogP contribution in [0.2, 0.25) is 0 Å². The van der Waals surface area contributed by atoms with Gasteiger partial charge < -0.3 is 10.4 Å². The van der Waals surface area contributed by atoms with Gasteiger partial charge in [-0.3, -0.25) is 4.90 Å². The Balaban J connectivity index is 2.21. The van der Waals surface area contributed by atoms with Crippen molar-refractivity contribution in [2.45, 2.75) is 19.4 Å². The molecule has 1 aliphatic heterocycles. The highest BCUT2D eigenvalue weighted by Crippen LogP contribution is 2.24. The third-order valence-corrected chi connectivity index (χ3v) is 3.56. The quantitative estimate of drug-likeness (QED) is 0.821. The number of aliphatic hydroxyl groups excluding tert-OH is 1. The van der Waals surface area contributed by atoms with Gasteiger partial charge in [0.25, 0.3) is 0 Å². The van der Waals surface area contributed by atoms with E-state index >= 15 is 0 Å². The molecule has 0 aromatic heterocycles. The van der Waals surface area contributed by atoms with E-state index in [1.165, 1.54) is 11.1 Å². The number of hydrogen-bond donors (Lipinski definition) is 2. The van der Waals surface area contributed by atoms with Crippen molar-refractivity contribution in [3.63, 3.8) is 0 Å². The van der Waals surface area contributed by atoms with Gasteiger partial charge in [-0.1, -0.05) is 31.2 Å². The zero-order valence-corrected chi connectivity index (χ0v) is 10.5. The van der Waals surface area contributed by atoms with Gasteiger partial charge >= 0.3 is 0 Å². The zero-order chi connectivity index (χ0) is 12.1.